The fraction of sp³-hybridized carbons (Fsp3) is 0.304. The molecule has 0 amide bonds. The third kappa shape index (κ3) is 4.78. The van der Waals surface area contributed by atoms with E-state index in [-0.39, 0.29) is 10.8 Å². The summed E-state index contributed by atoms with van der Waals surface area (Å²) >= 11 is 12.4. The first kappa shape index (κ1) is 23.4. The second-order valence-corrected chi connectivity index (χ2v) is 8.39. The normalized spacial score (nSPS) is 14.8. The average molecular weight is 492 g/mol. The van der Waals surface area contributed by atoms with Crippen molar-refractivity contribution in [2.75, 3.05) is 43.9 Å². The number of ether oxygens (including phenoxy) is 2. The van der Waals surface area contributed by atoms with E-state index < -0.39 is 11.9 Å². The Hall–Kier alpha value is -2.81. The number of hydrogen-bond acceptors (Lipinski definition) is 7. The lowest BCUT2D eigenvalue weighted by molar-refractivity contribution is 0.227. The molecule has 1 saturated heterocycles. The molecule has 0 bridgehead atoms. The van der Waals surface area contributed by atoms with E-state index in [1.807, 2.05) is 0 Å². The van der Waals surface area contributed by atoms with Crippen LogP contribution in [-0.2, 0) is 0 Å². The SMILES string of the molecule is COc1c(-c2cnc(N)c(OC(C)c3c(Cl)ccc(F)c3Cl)c2)cncc1N1CCNCC1. The molecule has 1 aromatic carbocycles. The summed E-state index contributed by atoms with van der Waals surface area (Å²) in [5.41, 5.74) is 8.78. The maximum atomic E-state index is 14.0. The van der Waals surface area contributed by atoms with Crippen LogP contribution < -0.4 is 25.4 Å². The highest BCUT2D eigenvalue weighted by atomic mass is 35.5. The van der Waals surface area contributed by atoms with E-state index in [0.717, 1.165) is 37.4 Å². The minimum atomic E-state index is -0.674. The van der Waals surface area contributed by atoms with E-state index in [4.69, 9.17) is 38.4 Å². The van der Waals surface area contributed by atoms with E-state index in [1.54, 1.807) is 38.7 Å². The lowest BCUT2D eigenvalue weighted by Crippen LogP contribution is -2.43. The summed E-state index contributed by atoms with van der Waals surface area (Å²) in [5.74, 6) is 0.603. The first-order valence-electron chi connectivity index (χ1n) is 10.4. The Morgan fingerprint density at radius 1 is 1.18 bits per heavy atom. The third-order valence-corrected chi connectivity index (χ3v) is 6.24. The molecule has 4 rings (SSSR count). The number of benzene rings is 1. The molecule has 0 aliphatic carbocycles. The third-order valence-electron chi connectivity index (χ3n) is 5.52. The van der Waals surface area contributed by atoms with Crippen molar-refractivity contribution >= 4 is 34.7 Å². The highest BCUT2D eigenvalue weighted by Gasteiger charge is 2.22. The molecule has 3 aromatic rings. The van der Waals surface area contributed by atoms with Crippen molar-refractivity contribution < 1.29 is 13.9 Å². The number of halogens is 3. The molecular formula is C23H24Cl2FN5O2. The topological polar surface area (TPSA) is 85.5 Å². The van der Waals surface area contributed by atoms with Crippen LogP contribution in [0, 0.1) is 5.82 Å². The van der Waals surface area contributed by atoms with Crippen molar-refractivity contribution in [3.8, 4) is 22.6 Å². The first-order chi connectivity index (χ1) is 15.9. The Morgan fingerprint density at radius 2 is 1.94 bits per heavy atom. The van der Waals surface area contributed by atoms with Crippen LogP contribution in [0.2, 0.25) is 10.0 Å². The number of aromatic nitrogens is 2. The van der Waals surface area contributed by atoms with Gasteiger partial charge in [0.25, 0.3) is 0 Å². The van der Waals surface area contributed by atoms with Gasteiger partial charge in [0.15, 0.2) is 17.3 Å². The number of nitrogens with two attached hydrogens (primary N) is 1. The van der Waals surface area contributed by atoms with E-state index >= 15 is 0 Å². The van der Waals surface area contributed by atoms with Gasteiger partial charge in [-0.15, -0.1) is 0 Å². The highest BCUT2D eigenvalue weighted by molar-refractivity contribution is 6.36. The zero-order valence-electron chi connectivity index (χ0n) is 18.2. The molecule has 33 heavy (non-hydrogen) atoms. The van der Waals surface area contributed by atoms with E-state index in [1.165, 1.54) is 12.1 Å². The van der Waals surface area contributed by atoms with Gasteiger partial charge in [0.05, 0.1) is 24.0 Å². The summed E-state index contributed by atoms with van der Waals surface area (Å²) in [6.07, 6.45) is 4.47. The van der Waals surface area contributed by atoms with Crippen LogP contribution >= 0.6 is 23.2 Å². The van der Waals surface area contributed by atoms with Crippen LogP contribution in [0.1, 0.15) is 18.6 Å². The fourth-order valence-electron chi connectivity index (χ4n) is 3.85. The largest absolute Gasteiger partial charge is 0.494 e. The molecule has 0 saturated carbocycles. The zero-order valence-corrected chi connectivity index (χ0v) is 19.8. The van der Waals surface area contributed by atoms with Gasteiger partial charge in [0.2, 0.25) is 0 Å². The van der Waals surface area contributed by atoms with Crippen molar-refractivity contribution in [1.82, 2.24) is 15.3 Å². The standard InChI is InChI=1S/C23H24Cl2FN5O2/c1-13(20-16(24)3-4-17(26)21(20)25)33-19-9-14(10-30-23(19)27)15-11-29-12-18(22(15)32-2)31-7-5-28-6-8-31/h3-4,9-13,28H,5-8H2,1-2H3,(H2,27,30). The molecule has 2 aromatic heterocycles. The van der Waals surface area contributed by atoms with Crippen LogP contribution in [0.3, 0.4) is 0 Å². The molecule has 10 heteroatoms. The number of nitrogen functional groups attached to an aromatic ring is 1. The van der Waals surface area contributed by atoms with Crippen molar-refractivity contribution in [3.05, 3.63) is 58.2 Å². The highest BCUT2D eigenvalue weighted by Crippen LogP contribution is 2.41. The lowest BCUT2D eigenvalue weighted by Gasteiger charge is -2.30. The number of nitrogens with one attached hydrogen (secondary N) is 1. The molecule has 1 unspecified atom stereocenters. The number of nitrogens with zero attached hydrogens (tertiary/aromatic N) is 3. The minimum Gasteiger partial charge on any atom is -0.494 e. The molecule has 0 radical (unpaired) electrons. The smallest absolute Gasteiger partial charge is 0.166 e. The maximum absolute atomic E-state index is 14.0. The van der Waals surface area contributed by atoms with Gasteiger partial charge in [-0.2, -0.15) is 0 Å². The Balaban J connectivity index is 1.69. The van der Waals surface area contributed by atoms with Crippen LogP contribution in [0.5, 0.6) is 11.5 Å². The number of piperazine rings is 1. The van der Waals surface area contributed by atoms with Gasteiger partial charge in [0, 0.05) is 60.3 Å². The number of pyridine rings is 2. The zero-order chi connectivity index (χ0) is 23.5. The first-order valence-corrected chi connectivity index (χ1v) is 11.2. The van der Waals surface area contributed by atoms with Gasteiger partial charge in [0.1, 0.15) is 11.9 Å². The molecule has 1 fully saturated rings. The molecule has 1 atom stereocenters. The van der Waals surface area contributed by atoms with Gasteiger partial charge in [-0.05, 0) is 25.1 Å². The summed E-state index contributed by atoms with van der Waals surface area (Å²) in [6, 6.07) is 4.40. The van der Waals surface area contributed by atoms with E-state index in [2.05, 4.69) is 20.2 Å². The Kier molecular flexibility index (Phi) is 7.07. The number of rotatable bonds is 6. The summed E-state index contributed by atoms with van der Waals surface area (Å²) in [6.45, 7) is 5.19. The van der Waals surface area contributed by atoms with Crippen molar-refractivity contribution in [3.63, 3.8) is 0 Å². The van der Waals surface area contributed by atoms with E-state index in [0.29, 0.717) is 27.6 Å². The Bertz CT molecular complexity index is 1160. The quantitative estimate of drug-likeness (QED) is 0.482. The summed E-state index contributed by atoms with van der Waals surface area (Å²) in [4.78, 5) is 10.9. The molecule has 1 aliphatic rings. The van der Waals surface area contributed by atoms with Gasteiger partial charge in [-0.3, -0.25) is 4.98 Å². The number of methoxy groups -OCH3 is 1. The lowest BCUT2D eigenvalue weighted by atomic mass is 10.1. The Labute approximate surface area is 201 Å². The second kappa shape index (κ2) is 9.99. The van der Waals surface area contributed by atoms with Crippen LogP contribution in [0.25, 0.3) is 11.1 Å². The Morgan fingerprint density at radius 3 is 2.67 bits per heavy atom. The van der Waals surface area contributed by atoms with E-state index in [9.17, 15) is 4.39 Å². The molecule has 174 valence electrons. The summed E-state index contributed by atoms with van der Waals surface area (Å²) in [7, 11) is 1.63. The number of hydrogen-bond donors (Lipinski definition) is 2. The van der Waals surface area contributed by atoms with Crippen LogP contribution in [0.15, 0.2) is 36.8 Å². The summed E-state index contributed by atoms with van der Waals surface area (Å²) < 4.78 is 25.8. The molecule has 1 aliphatic heterocycles. The average Bonchev–Trinajstić information content (AvgIpc) is 2.83. The molecule has 0 spiro atoms. The maximum Gasteiger partial charge on any atom is 0.166 e. The molecular weight excluding hydrogens is 468 g/mol. The van der Waals surface area contributed by atoms with Crippen LogP contribution in [-0.4, -0.2) is 43.3 Å². The van der Waals surface area contributed by atoms with Gasteiger partial charge < -0.3 is 25.4 Å². The van der Waals surface area contributed by atoms with Crippen molar-refractivity contribution in [2.24, 2.45) is 0 Å². The van der Waals surface area contributed by atoms with Crippen molar-refractivity contribution in [2.45, 2.75) is 13.0 Å². The van der Waals surface area contributed by atoms with Gasteiger partial charge in [-0.25, -0.2) is 9.37 Å². The van der Waals surface area contributed by atoms with Gasteiger partial charge >= 0.3 is 0 Å². The molecule has 7 nitrogen and oxygen atoms in total. The minimum absolute atomic E-state index is 0.0905. The van der Waals surface area contributed by atoms with Crippen LogP contribution in [0.4, 0.5) is 15.9 Å². The second-order valence-electron chi connectivity index (χ2n) is 7.60. The monoisotopic (exact) mass is 491 g/mol. The molecule has 3 N–H and O–H groups in total. The summed E-state index contributed by atoms with van der Waals surface area (Å²) in [5, 5.41) is 3.55. The molecule has 3 heterocycles. The predicted molar refractivity (Wildman–Crippen MR) is 129 cm³/mol. The fourth-order valence-corrected chi connectivity index (χ4v) is 4.53. The van der Waals surface area contributed by atoms with Crippen molar-refractivity contribution in [1.29, 1.82) is 0 Å². The number of anilines is 2. The predicted octanol–water partition coefficient (Wildman–Crippen LogP) is 4.73. The van der Waals surface area contributed by atoms with Gasteiger partial charge in [-0.1, -0.05) is 23.2 Å².